The number of carboxylic acid groups (broad SMARTS) is 1. The van der Waals surface area contributed by atoms with Crippen molar-refractivity contribution >= 4 is 5.97 Å². The van der Waals surface area contributed by atoms with E-state index in [1.165, 1.54) is 0 Å². The van der Waals surface area contributed by atoms with E-state index in [0.717, 1.165) is 41.7 Å². The minimum Gasteiger partial charge on any atom is -0.507 e. The summed E-state index contributed by atoms with van der Waals surface area (Å²) in [7, 11) is 0. The normalized spacial score (nSPS) is 13.6. The number of aryl methyl sites for hydroxylation is 1. The van der Waals surface area contributed by atoms with E-state index in [1.54, 1.807) is 0 Å². The molecular formula is C19H30O4. The number of benzene rings is 1. The SMILES string of the molecule is CCC(C)(CCCCCOc1cc(C)c(O)c(C)c1C)C(=O)O. The van der Waals surface area contributed by atoms with Gasteiger partial charge in [0.2, 0.25) is 0 Å². The molecule has 0 aromatic heterocycles. The number of rotatable bonds is 9. The molecule has 0 fully saturated rings. The maximum Gasteiger partial charge on any atom is 0.309 e. The first kappa shape index (κ1) is 19.3. The highest BCUT2D eigenvalue weighted by atomic mass is 16.5. The van der Waals surface area contributed by atoms with E-state index in [0.29, 0.717) is 25.2 Å². The van der Waals surface area contributed by atoms with Crippen LogP contribution in [0.3, 0.4) is 0 Å². The number of aliphatic carboxylic acids is 1. The Morgan fingerprint density at radius 1 is 1.17 bits per heavy atom. The highest BCUT2D eigenvalue weighted by Crippen LogP contribution is 2.32. The third-order valence-electron chi connectivity index (χ3n) is 4.94. The Morgan fingerprint density at radius 3 is 2.39 bits per heavy atom. The third-order valence-corrected chi connectivity index (χ3v) is 4.94. The highest BCUT2D eigenvalue weighted by molar-refractivity contribution is 5.73. The summed E-state index contributed by atoms with van der Waals surface area (Å²) in [6.45, 7) is 10.1. The van der Waals surface area contributed by atoms with Crippen LogP contribution >= 0.6 is 0 Å². The van der Waals surface area contributed by atoms with Gasteiger partial charge in [0.05, 0.1) is 12.0 Å². The Labute approximate surface area is 139 Å². The number of hydrogen-bond donors (Lipinski definition) is 2. The van der Waals surface area contributed by atoms with E-state index in [-0.39, 0.29) is 0 Å². The quantitative estimate of drug-likeness (QED) is 0.643. The van der Waals surface area contributed by atoms with Crippen molar-refractivity contribution in [2.24, 2.45) is 5.41 Å². The van der Waals surface area contributed by atoms with Crippen LogP contribution in [0.1, 0.15) is 62.6 Å². The van der Waals surface area contributed by atoms with Crippen LogP contribution in [0.15, 0.2) is 6.07 Å². The summed E-state index contributed by atoms with van der Waals surface area (Å²) in [4.78, 5) is 11.2. The summed E-state index contributed by atoms with van der Waals surface area (Å²) in [5.41, 5.74) is 2.05. The van der Waals surface area contributed by atoms with Crippen LogP contribution in [0.4, 0.5) is 0 Å². The number of unbranched alkanes of at least 4 members (excludes halogenated alkanes) is 2. The van der Waals surface area contributed by atoms with E-state index in [9.17, 15) is 15.0 Å². The van der Waals surface area contributed by atoms with Crippen LogP contribution in [-0.2, 0) is 4.79 Å². The smallest absolute Gasteiger partial charge is 0.309 e. The molecule has 1 aromatic carbocycles. The van der Waals surface area contributed by atoms with Crippen LogP contribution in [0.2, 0.25) is 0 Å². The van der Waals surface area contributed by atoms with E-state index < -0.39 is 11.4 Å². The number of phenols is 1. The number of phenolic OH excluding ortho intramolecular Hbond substituents is 1. The van der Waals surface area contributed by atoms with Crippen LogP contribution in [-0.4, -0.2) is 22.8 Å². The first-order valence-corrected chi connectivity index (χ1v) is 8.39. The maximum absolute atomic E-state index is 11.2. The predicted octanol–water partition coefficient (Wildman–Crippen LogP) is 4.76. The van der Waals surface area contributed by atoms with Gasteiger partial charge in [0, 0.05) is 0 Å². The Kier molecular flexibility index (Phi) is 6.92. The van der Waals surface area contributed by atoms with Crippen molar-refractivity contribution in [3.63, 3.8) is 0 Å². The molecule has 1 atom stereocenters. The Balaban J connectivity index is 2.41. The zero-order valence-electron chi connectivity index (χ0n) is 15.0. The lowest BCUT2D eigenvalue weighted by Crippen LogP contribution is -2.26. The fourth-order valence-corrected chi connectivity index (χ4v) is 2.59. The first-order chi connectivity index (χ1) is 10.7. The van der Waals surface area contributed by atoms with Gasteiger partial charge in [-0.2, -0.15) is 0 Å². The van der Waals surface area contributed by atoms with Gasteiger partial charge >= 0.3 is 5.97 Å². The van der Waals surface area contributed by atoms with Gasteiger partial charge in [-0.1, -0.05) is 19.8 Å². The summed E-state index contributed by atoms with van der Waals surface area (Å²) in [6, 6.07) is 1.87. The van der Waals surface area contributed by atoms with E-state index in [1.807, 2.05) is 40.7 Å². The van der Waals surface area contributed by atoms with Gasteiger partial charge in [0.25, 0.3) is 0 Å². The molecule has 0 aliphatic rings. The predicted molar refractivity (Wildman–Crippen MR) is 92.3 cm³/mol. The van der Waals surface area contributed by atoms with Crippen molar-refractivity contribution < 1.29 is 19.7 Å². The molecule has 0 aliphatic heterocycles. The van der Waals surface area contributed by atoms with Crippen molar-refractivity contribution in [2.45, 2.75) is 66.7 Å². The molecule has 2 N–H and O–H groups in total. The molecule has 1 aromatic rings. The second-order valence-electron chi connectivity index (χ2n) is 6.67. The average molecular weight is 322 g/mol. The second-order valence-corrected chi connectivity index (χ2v) is 6.67. The molecular weight excluding hydrogens is 292 g/mol. The summed E-state index contributed by atoms with van der Waals surface area (Å²) < 4.78 is 5.83. The number of hydrogen-bond acceptors (Lipinski definition) is 3. The standard InChI is InChI=1S/C19H30O4/c1-6-19(5,18(21)22)10-8-7-9-11-23-16-12-13(2)17(20)15(4)14(16)3/h12,20H,6-11H2,1-5H3,(H,21,22). The molecule has 0 radical (unpaired) electrons. The van der Waals surface area contributed by atoms with Gasteiger partial charge in [-0.15, -0.1) is 0 Å². The van der Waals surface area contributed by atoms with Gasteiger partial charge < -0.3 is 14.9 Å². The molecule has 0 saturated carbocycles. The topological polar surface area (TPSA) is 66.8 Å². The number of carbonyl (C=O) groups is 1. The minimum absolute atomic E-state index is 0.336. The molecule has 0 saturated heterocycles. The van der Waals surface area contributed by atoms with Gasteiger partial charge in [0.15, 0.2) is 0 Å². The van der Waals surface area contributed by atoms with Crippen molar-refractivity contribution in [3.8, 4) is 11.5 Å². The van der Waals surface area contributed by atoms with Gasteiger partial charge in [0.1, 0.15) is 11.5 Å². The average Bonchev–Trinajstić information content (AvgIpc) is 2.52. The van der Waals surface area contributed by atoms with Crippen LogP contribution < -0.4 is 4.74 Å². The van der Waals surface area contributed by atoms with Crippen molar-refractivity contribution in [1.82, 2.24) is 0 Å². The third kappa shape index (κ3) is 4.88. The highest BCUT2D eigenvalue weighted by Gasteiger charge is 2.29. The first-order valence-electron chi connectivity index (χ1n) is 8.39. The fraction of sp³-hybridized carbons (Fsp3) is 0.632. The molecule has 4 heteroatoms. The Bertz CT molecular complexity index is 551. The van der Waals surface area contributed by atoms with Gasteiger partial charge in [-0.25, -0.2) is 0 Å². The Hall–Kier alpha value is -1.71. The van der Waals surface area contributed by atoms with E-state index in [2.05, 4.69) is 0 Å². The molecule has 23 heavy (non-hydrogen) atoms. The fourth-order valence-electron chi connectivity index (χ4n) is 2.59. The van der Waals surface area contributed by atoms with Crippen LogP contribution in [0.5, 0.6) is 11.5 Å². The summed E-state index contributed by atoms with van der Waals surface area (Å²) >= 11 is 0. The molecule has 130 valence electrons. The van der Waals surface area contributed by atoms with Crippen molar-refractivity contribution in [2.75, 3.05) is 6.61 Å². The van der Waals surface area contributed by atoms with Crippen molar-refractivity contribution in [3.05, 3.63) is 22.8 Å². The molecule has 1 unspecified atom stereocenters. The second kappa shape index (κ2) is 8.23. The van der Waals surface area contributed by atoms with Gasteiger partial charge in [-0.3, -0.25) is 4.79 Å². The number of ether oxygens (including phenoxy) is 1. The monoisotopic (exact) mass is 322 g/mol. The van der Waals surface area contributed by atoms with E-state index in [4.69, 9.17) is 4.74 Å². The lowest BCUT2D eigenvalue weighted by molar-refractivity contribution is -0.148. The zero-order valence-corrected chi connectivity index (χ0v) is 15.0. The minimum atomic E-state index is -0.707. The number of carboxylic acids is 1. The molecule has 1 rings (SSSR count). The lowest BCUT2D eigenvalue weighted by atomic mass is 9.82. The zero-order chi connectivity index (χ0) is 17.6. The van der Waals surface area contributed by atoms with Gasteiger partial charge in [-0.05, 0) is 69.7 Å². The molecule has 0 heterocycles. The molecule has 0 spiro atoms. The molecule has 0 bridgehead atoms. The lowest BCUT2D eigenvalue weighted by Gasteiger charge is -2.22. The largest absolute Gasteiger partial charge is 0.507 e. The summed E-state index contributed by atoms with van der Waals surface area (Å²) in [5, 5.41) is 19.1. The van der Waals surface area contributed by atoms with Crippen LogP contribution in [0.25, 0.3) is 0 Å². The summed E-state index contributed by atoms with van der Waals surface area (Å²) in [6.07, 6.45) is 4.11. The molecule has 0 aliphatic carbocycles. The molecule has 4 nitrogen and oxygen atoms in total. The van der Waals surface area contributed by atoms with Crippen molar-refractivity contribution in [1.29, 1.82) is 0 Å². The number of aromatic hydroxyl groups is 1. The van der Waals surface area contributed by atoms with Crippen LogP contribution in [0, 0.1) is 26.2 Å². The maximum atomic E-state index is 11.2. The Morgan fingerprint density at radius 2 is 1.83 bits per heavy atom. The van der Waals surface area contributed by atoms with E-state index >= 15 is 0 Å². The molecule has 0 amide bonds. The summed E-state index contributed by atoms with van der Waals surface area (Å²) in [5.74, 6) is 0.450.